The highest BCUT2D eigenvalue weighted by atomic mass is 16.6. The monoisotopic (exact) mass is 237 g/mol. The Hall–Kier alpha value is -2.11. The minimum atomic E-state index is -0.493. The van der Waals surface area contributed by atoms with Gasteiger partial charge in [-0.3, -0.25) is 10.1 Å². The van der Waals surface area contributed by atoms with E-state index in [1.165, 1.54) is 18.2 Å². The van der Waals surface area contributed by atoms with Crippen LogP contribution in [0.1, 0.15) is 13.8 Å². The Morgan fingerprint density at radius 1 is 1.41 bits per heavy atom. The number of nitro benzene ring substituents is 1. The van der Waals surface area contributed by atoms with Crippen LogP contribution in [0.25, 0.3) is 0 Å². The van der Waals surface area contributed by atoms with Crippen LogP contribution in [-0.4, -0.2) is 28.9 Å². The van der Waals surface area contributed by atoms with Crippen LogP contribution in [0, 0.1) is 10.1 Å². The molecule has 0 aliphatic heterocycles. The van der Waals surface area contributed by atoms with E-state index in [0.717, 1.165) is 0 Å². The number of carbonyl (C=O) groups excluding carboxylic acids is 1. The van der Waals surface area contributed by atoms with E-state index in [2.05, 4.69) is 5.32 Å². The van der Waals surface area contributed by atoms with Crippen LogP contribution in [0.3, 0.4) is 0 Å². The fraction of sp³-hybridized carbons (Fsp3) is 0.364. The first-order chi connectivity index (χ1) is 8.08. The molecule has 0 saturated carbocycles. The molecule has 0 saturated heterocycles. The van der Waals surface area contributed by atoms with Crippen molar-refractivity contribution in [1.82, 2.24) is 4.90 Å². The minimum Gasteiger partial charge on any atom is -0.325 e. The van der Waals surface area contributed by atoms with Gasteiger partial charge in [0.25, 0.3) is 5.69 Å². The smallest absolute Gasteiger partial charge is 0.321 e. The van der Waals surface area contributed by atoms with Crippen molar-refractivity contribution < 1.29 is 9.72 Å². The number of non-ortho nitro benzene ring substituents is 1. The normalized spacial score (nSPS) is 9.76. The van der Waals surface area contributed by atoms with E-state index in [9.17, 15) is 14.9 Å². The quantitative estimate of drug-likeness (QED) is 0.645. The van der Waals surface area contributed by atoms with Crippen LogP contribution < -0.4 is 5.32 Å². The average Bonchev–Trinajstić information content (AvgIpc) is 2.30. The zero-order chi connectivity index (χ0) is 12.8. The number of anilines is 1. The zero-order valence-electron chi connectivity index (χ0n) is 9.84. The number of urea groups is 1. The van der Waals surface area contributed by atoms with Gasteiger partial charge in [-0.25, -0.2) is 4.79 Å². The van der Waals surface area contributed by atoms with Crippen molar-refractivity contribution >= 4 is 17.4 Å². The first kappa shape index (κ1) is 13.0. The third-order valence-electron chi connectivity index (χ3n) is 2.36. The molecular formula is C11H15N3O3. The molecule has 92 valence electrons. The summed E-state index contributed by atoms with van der Waals surface area (Å²) in [5, 5.41) is 13.2. The first-order valence-electron chi connectivity index (χ1n) is 5.38. The minimum absolute atomic E-state index is 0.0395. The lowest BCUT2D eigenvalue weighted by atomic mass is 10.3. The molecule has 0 unspecified atom stereocenters. The molecule has 17 heavy (non-hydrogen) atoms. The maximum atomic E-state index is 11.7. The molecule has 0 heterocycles. The highest BCUT2D eigenvalue weighted by molar-refractivity contribution is 5.89. The number of nitro groups is 1. The second-order valence-corrected chi connectivity index (χ2v) is 3.41. The van der Waals surface area contributed by atoms with Crippen LogP contribution in [0.5, 0.6) is 0 Å². The maximum absolute atomic E-state index is 11.7. The number of hydrogen-bond donors (Lipinski definition) is 1. The molecule has 6 nitrogen and oxygen atoms in total. The molecule has 1 aromatic rings. The van der Waals surface area contributed by atoms with Crippen LogP contribution >= 0.6 is 0 Å². The summed E-state index contributed by atoms with van der Waals surface area (Å²) in [6.45, 7) is 4.93. The second-order valence-electron chi connectivity index (χ2n) is 3.41. The van der Waals surface area contributed by atoms with E-state index in [-0.39, 0.29) is 11.7 Å². The summed E-state index contributed by atoms with van der Waals surface area (Å²) in [7, 11) is 0. The second kappa shape index (κ2) is 5.83. The molecule has 0 bridgehead atoms. The highest BCUT2D eigenvalue weighted by Crippen LogP contribution is 2.17. The van der Waals surface area contributed by atoms with Gasteiger partial charge in [0.2, 0.25) is 0 Å². The van der Waals surface area contributed by atoms with E-state index < -0.39 is 4.92 Å². The summed E-state index contributed by atoms with van der Waals surface area (Å²) >= 11 is 0. The number of rotatable bonds is 4. The summed E-state index contributed by atoms with van der Waals surface area (Å²) < 4.78 is 0. The van der Waals surface area contributed by atoms with Gasteiger partial charge in [-0.05, 0) is 19.9 Å². The van der Waals surface area contributed by atoms with Crippen LogP contribution in [0.4, 0.5) is 16.2 Å². The van der Waals surface area contributed by atoms with Crippen molar-refractivity contribution in [3.05, 3.63) is 34.4 Å². The molecule has 1 rings (SSSR count). The van der Waals surface area contributed by atoms with Crippen molar-refractivity contribution in [1.29, 1.82) is 0 Å². The van der Waals surface area contributed by atoms with Gasteiger partial charge in [0.15, 0.2) is 0 Å². The molecule has 0 atom stereocenters. The van der Waals surface area contributed by atoms with Crippen molar-refractivity contribution in [2.24, 2.45) is 0 Å². The fourth-order valence-corrected chi connectivity index (χ4v) is 1.41. The molecule has 0 aliphatic carbocycles. The number of hydrogen-bond acceptors (Lipinski definition) is 3. The Bertz CT molecular complexity index is 416. The third-order valence-corrected chi connectivity index (χ3v) is 2.36. The molecule has 0 radical (unpaired) electrons. The standard InChI is InChI=1S/C11H15N3O3/c1-3-13(4-2)11(15)12-9-6-5-7-10(8-9)14(16)17/h5-8H,3-4H2,1-2H3,(H,12,15). The summed E-state index contributed by atoms with van der Waals surface area (Å²) in [5.74, 6) is 0. The van der Waals surface area contributed by atoms with E-state index >= 15 is 0 Å². The van der Waals surface area contributed by atoms with Gasteiger partial charge in [-0.1, -0.05) is 6.07 Å². The summed E-state index contributed by atoms with van der Waals surface area (Å²) in [6, 6.07) is 5.62. The average molecular weight is 237 g/mol. The summed E-state index contributed by atoms with van der Waals surface area (Å²) in [6.07, 6.45) is 0. The molecular weight excluding hydrogens is 222 g/mol. The lowest BCUT2D eigenvalue weighted by molar-refractivity contribution is -0.384. The maximum Gasteiger partial charge on any atom is 0.321 e. The van der Waals surface area contributed by atoms with Crippen molar-refractivity contribution in [2.45, 2.75) is 13.8 Å². The highest BCUT2D eigenvalue weighted by Gasteiger charge is 2.11. The van der Waals surface area contributed by atoms with Gasteiger partial charge in [0.1, 0.15) is 0 Å². The van der Waals surface area contributed by atoms with Crippen molar-refractivity contribution in [2.75, 3.05) is 18.4 Å². The van der Waals surface area contributed by atoms with E-state index in [1.807, 2.05) is 13.8 Å². The van der Waals surface area contributed by atoms with Crippen molar-refractivity contribution in [3.63, 3.8) is 0 Å². The van der Waals surface area contributed by atoms with E-state index in [4.69, 9.17) is 0 Å². The molecule has 2 amide bonds. The molecule has 0 aliphatic rings. The third kappa shape index (κ3) is 3.44. The van der Waals surface area contributed by atoms with Gasteiger partial charge < -0.3 is 10.2 Å². The number of carbonyl (C=O) groups is 1. The van der Waals surface area contributed by atoms with Gasteiger partial charge in [0.05, 0.1) is 4.92 Å². The Kier molecular flexibility index (Phi) is 4.45. The van der Waals surface area contributed by atoms with Crippen LogP contribution in [0.15, 0.2) is 24.3 Å². The first-order valence-corrected chi connectivity index (χ1v) is 5.38. The zero-order valence-corrected chi connectivity index (χ0v) is 9.84. The van der Waals surface area contributed by atoms with Gasteiger partial charge in [-0.2, -0.15) is 0 Å². The molecule has 6 heteroatoms. The van der Waals surface area contributed by atoms with Gasteiger partial charge >= 0.3 is 6.03 Å². The van der Waals surface area contributed by atoms with Gasteiger partial charge in [-0.15, -0.1) is 0 Å². The number of nitrogens with one attached hydrogen (secondary N) is 1. The number of amides is 2. The van der Waals surface area contributed by atoms with Crippen LogP contribution in [0.2, 0.25) is 0 Å². The Morgan fingerprint density at radius 2 is 2.06 bits per heavy atom. The molecule has 0 aromatic heterocycles. The predicted molar refractivity (Wildman–Crippen MR) is 65.0 cm³/mol. The van der Waals surface area contributed by atoms with Crippen LogP contribution in [-0.2, 0) is 0 Å². The van der Waals surface area contributed by atoms with E-state index in [1.54, 1.807) is 11.0 Å². The Morgan fingerprint density at radius 3 is 2.59 bits per heavy atom. The number of nitrogens with zero attached hydrogens (tertiary/aromatic N) is 2. The molecule has 0 fully saturated rings. The summed E-state index contributed by atoms with van der Waals surface area (Å²) in [5.41, 5.74) is 0.387. The molecule has 1 N–H and O–H groups in total. The lowest BCUT2D eigenvalue weighted by Gasteiger charge is -2.19. The Balaban J connectivity index is 2.78. The Labute approximate surface area is 99.4 Å². The SMILES string of the molecule is CCN(CC)C(=O)Nc1cccc([N+](=O)[O-])c1. The summed E-state index contributed by atoms with van der Waals surface area (Å²) in [4.78, 5) is 23.4. The predicted octanol–water partition coefficient (Wildman–Crippen LogP) is 2.47. The topological polar surface area (TPSA) is 75.5 Å². The molecule has 0 spiro atoms. The largest absolute Gasteiger partial charge is 0.325 e. The van der Waals surface area contributed by atoms with Gasteiger partial charge in [0, 0.05) is 30.9 Å². The number of benzene rings is 1. The van der Waals surface area contributed by atoms with E-state index in [0.29, 0.717) is 18.8 Å². The lowest BCUT2D eigenvalue weighted by Crippen LogP contribution is -2.34. The fourth-order valence-electron chi connectivity index (χ4n) is 1.41. The van der Waals surface area contributed by atoms with Crippen molar-refractivity contribution in [3.8, 4) is 0 Å². The molecule has 1 aromatic carbocycles.